The van der Waals surface area contributed by atoms with Crippen molar-refractivity contribution in [2.24, 2.45) is 0 Å². The molecule has 2 unspecified atom stereocenters. The van der Waals surface area contributed by atoms with Crippen LogP contribution in [0.15, 0.2) is 22.7 Å². The number of anilines is 1. The third-order valence-electron chi connectivity index (χ3n) is 3.59. The number of halogens is 2. The first kappa shape index (κ1) is 14.2. The fourth-order valence-electron chi connectivity index (χ4n) is 2.71. The van der Waals surface area contributed by atoms with Gasteiger partial charge in [-0.1, -0.05) is 34.5 Å². The molecule has 1 aromatic carbocycles. The van der Waals surface area contributed by atoms with Gasteiger partial charge in [0, 0.05) is 23.1 Å². The molecule has 1 saturated heterocycles. The van der Waals surface area contributed by atoms with Gasteiger partial charge in [-0.25, -0.2) is 0 Å². The molecule has 100 valence electrons. The molecule has 1 heterocycles. The molecule has 0 amide bonds. The van der Waals surface area contributed by atoms with E-state index in [4.69, 9.17) is 11.6 Å². The maximum absolute atomic E-state index is 6.31. The van der Waals surface area contributed by atoms with E-state index in [1.807, 2.05) is 12.1 Å². The summed E-state index contributed by atoms with van der Waals surface area (Å²) in [6.07, 6.45) is 2.36. The zero-order valence-electron chi connectivity index (χ0n) is 10.9. The molecule has 0 aliphatic carbocycles. The van der Waals surface area contributed by atoms with Crippen molar-refractivity contribution in [3.63, 3.8) is 0 Å². The molecule has 0 radical (unpaired) electrons. The van der Waals surface area contributed by atoms with Crippen LogP contribution in [0.2, 0.25) is 5.02 Å². The summed E-state index contributed by atoms with van der Waals surface area (Å²) in [4.78, 5) is 2.42. The van der Waals surface area contributed by atoms with Crippen molar-refractivity contribution in [1.82, 2.24) is 5.32 Å². The van der Waals surface area contributed by atoms with Crippen LogP contribution in [0.4, 0.5) is 5.69 Å². The molecule has 2 rings (SSSR count). The Kier molecular flexibility index (Phi) is 4.93. The van der Waals surface area contributed by atoms with E-state index in [1.54, 1.807) is 0 Å². The third kappa shape index (κ3) is 3.19. The first-order chi connectivity index (χ1) is 8.61. The minimum Gasteiger partial charge on any atom is -0.367 e. The van der Waals surface area contributed by atoms with Crippen molar-refractivity contribution in [3.05, 3.63) is 27.7 Å². The number of rotatable bonds is 3. The van der Waals surface area contributed by atoms with Crippen molar-refractivity contribution in [1.29, 1.82) is 0 Å². The van der Waals surface area contributed by atoms with Crippen LogP contribution >= 0.6 is 27.5 Å². The fourth-order valence-corrected chi connectivity index (χ4v) is 3.29. The van der Waals surface area contributed by atoms with Gasteiger partial charge in [-0.3, -0.25) is 0 Å². The minimum atomic E-state index is 0.523. The summed E-state index contributed by atoms with van der Waals surface area (Å²) in [5, 5.41) is 4.38. The molecular formula is C14H20BrClN2. The lowest BCUT2D eigenvalue weighted by Crippen LogP contribution is -2.47. The van der Waals surface area contributed by atoms with Crippen molar-refractivity contribution >= 4 is 33.2 Å². The molecule has 4 heteroatoms. The summed E-state index contributed by atoms with van der Waals surface area (Å²) in [5.74, 6) is 0. The fraction of sp³-hybridized carbons (Fsp3) is 0.571. The SMILES string of the molecule is CCNC1CCN(c2cc(Br)ccc2Cl)C(C)C1. The lowest BCUT2D eigenvalue weighted by molar-refractivity contribution is 0.374. The summed E-state index contributed by atoms with van der Waals surface area (Å²) in [6, 6.07) is 7.24. The molecule has 1 N–H and O–H groups in total. The number of hydrogen-bond acceptors (Lipinski definition) is 2. The Labute approximate surface area is 123 Å². The van der Waals surface area contributed by atoms with Crippen LogP contribution in [0.3, 0.4) is 0 Å². The first-order valence-electron chi connectivity index (χ1n) is 6.57. The van der Waals surface area contributed by atoms with Gasteiger partial charge < -0.3 is 10.2 Å². The van der Waals surface area contributed by atoms with Crippen LogP contribution in [0, 0.1) is 0 Å². The van der Waals surface area contributed by atoms with Crippen LogP contribution in [0.25, 0.3) is 0 Å². The Morgan fingerprint density at radius 1 is 1.50 bits per heavy atom. The molecule has 2 atom stereocenters. The quantitative estimate of drug-likeness (QED) is 0.898. The van der Waals surface area contributed by atoms with E-state index in [2.05, 4.69) is 46.1 Å². The largest absolute Gasteiger partial charge is 0.367 e. The van der Waals surface area contributed by atoms with Gasteiger partial charge in [0.25, 0.3) is 0 Å². The average Bonchev–Trinajstić information content (AvgIpc) is 2.33. The average molecular weight is 332 g/mol. The second-order valence-electron chi connectivity index (χ2n) is 4.92. The molecular weight excluding hydrogens is 312 g/mol. The lowest BCUT2D eigenvalue weighted by Gasteiger charge is -2.40. The van der Waals surface area contributed by atoms with Gasteiger partial charge >= 0.3 is 0 Å². The predicted molar refractivity (Wildman–Crippen MR) is 82.7 cm³/mol. The maximum atomic E-state index is 6.31. The molecule has 18 heavy (non-hydrogen) atoms. The van der Waals surface area contributed by atoms with Crippen LogP contribution in [-0.2, 0) is 0 Å². The van der Waals surface area contributed by atoms with Crippen LogP contribution in [-0.4, -0.2) is 25.2 Å². The highest BCUT2D eigenvalue weighted by Crippen LogP contribution is 2.33. The van der Waals surface area contributed by atoms with E-state index in [9.17, 15) is 0 Å². The van der Waals surface area contributed by atoms with E-state index in [-0.39, 0.29) is 0 Å². The summed E-state index contributed by atoms with van der Waals surface area (Å²) in [6.45, 7) is 6.56. The monoisotopic (exact) mass is 330 g/mol. The van der Waals surface area contributed by atoms with Gasteiger partial charge in [-0.2, -0.15) is 0 Å². The van der Waals surface area contributed by atoms with Crippen LogP contribution < -0.4 is 10.2 Å². The highest BCUT2D eigenvalue weighted by Gasteiger charge is 2.26. The number of nitrogens with zero attached hydrogens (tertiary/aromatic N) is 1. The van der Waals surface area contributed by atoms with Crippen molar-refractivity contribution in [2.45, 2.75) is 38.8 Å². The van der Waals surface area contributed by atoms with E-state index in [1.165, 1.54) is 12.8 Å². The predicted octanol–water partition coefficient (Wildman–Crippen LogP) is 4.07. The minimum absolute atomic E-state index is 0.523. The van der Waals surface area contributed by atoms with Gasteiger partial charge in [0.05, 0.1) is 10.7 Å². The third-order valence-corrected chi connectivity index (χ3v) is 4.40. The topological polar surface area (TPSA) is 15.3 Å². The normalized spacial score (nSPS) is 24.3. The van der Waals surface area contributed by atoms with Crippen LogP contribution in [0.1, 0.15) is 26.7 Å². The summed E-state index contributed by atoms with van der Waals surface area (Å²) < 4.78 is 1.09. The zero-order chi connectivity index (χ0) is 13.1. The second kappa shape index (κ2) is 6.27. The van der Waals surface area contributed by atoms with Crippen molar-refractivity contribution in [2.75, 3.05) is 18.0 Å². The van der Waals surface area contributed by atoms with Crippen molar-refractivity contribution < 1.29 is 0 Å². The Bertz CT molecular complexity index is 411. The Hall–Kier alpha value is -0.250. The highest BCUT2D eigenvalue weighted by molar-refractivity contribution is 9.10. The Morgan fingerprint density at radius 2 is 2.28 bits per heavy atom. The highest BCUT2D eigenvalue weighted by atomic mass is 79.9. The van der Waals surface area contributed by atoms with Gasteiger partial charge in [0.1, 0.15) is 0 Å². The molecule has 0 spiro atoms. The van der Waals surface area contributed by atoms with E-state index in [0.29, 0.717) is 12.1 Å². The van der Waals surface area contributed by atoms with Gasteiger partial charge in [0.2, 0.25) is 0 Å². The number of piperidine rings is 1. The van der Waals surface area contributed by atoms with Gasteiger partial charge in [-0.15, -0.1) is 0 Å². The molecule has 2 nitrogen and oxygen atoms in total. The van der Waals surface area contributed by atoms with E-state index in [0.717, 1.165) is 28.3 Å². The molecule has 0 bridgehead atoms. The number of hydrogen-bond donors (Lipinski definition) is 1. The molecule has 1 fully saturated rings. The Morgan fingerprint density at radius 3 is 2.94 bits per heavy atom. The van der Waals surface area contributed by atoms with E-state index < -0.39 is 0 Å². The standard InChI is InChI=1S/C14H20BrClN2/c1-3-17-12-6-7-18(10(2)8-12)14-9-11(15)4-5-13(14)16/h4-5,9-10,12,17H,3,6-8H2,1-2H3. The first-order valence-corrected chi connectivity index (χ1v) is 7.74. The molecule has 0 aromatic heterocycles. The summed E-state index contributed by atoms with van der Waals surface area (Å²) in [7, 11) is 0. The molecule has 1 aromatic rings. The van der Waals surface area contributed by atoms with Crippen LogP contribution in [0.5, 0.6) is 0 Å². The molecule has 1 aliphatic heterocycles. The smallest absolute Gasteiger partial charge is 0.0640 e. The second-order valence-corrected chi connectivity index (χ2v) is 6.24. The van der Waals surface area contributed by atoms with Gasteiger partial charge in [-0.05, 0) is 44.5 Å². The number of nitrogens with one attached hydrogen (secondary N) is 1. The van der Waals surface area contributed by atoms with Gasteiger partial charge in [0.15, 0.2) is 0 Å². The molecule has 1 aliphatic rings. The Balaban J connectivity index is 2.12. The summed E-state index contributed by atoms with van der Waals surface area (Å²) >= 11 is 9.84. The zero-order valence-corrected chi connectivity index (χ0v) is 13.3. The summed E-state index contributed by atoms with van der Waals surface area (Å²) in [5.41, 5.74) is 1.15. The number of benzene rings is 1. The van der Waals surface area contributed by atoms with E-state index >= 15 is 0 Å². The van der Waals surface area contributed by atoms with Crippen molar-refractivity contribution in [3.8, 4) is 0 Å². The maximum Gasteiger partial charge on any atom is 0.0640 e. The lowest BCUT2D eigenvalue weighted by atomic mass is 9.97. The molecule has 0 saturated carbocycles.